The topological polar surface area (TPSA) is 73.4 Å². The molecular weight excluding hydrogens is 292 g/mol. The Labute approximate surface area is 134 Å². The van der Waals surface area contributed by atoms with Gasteiger partial charge < -0.3 is 9.80 Å². The third-order valence-electron chi connectivity index (χ3n) is 4.04. The second kappa shape index (κ2) is 6.36. The smallest absolute Gasteiger partial charge is 0.293 e. The summed E-state index contributed by atoms with van der Waals surface area (Å²) in [5, 5.41) is 20.2. The second-order valence-electron chi connectivity index (χ2n) is 5.38. The highest BCUT2D eigenvalue weighted by Gasteiger charge is 2.24. The molecule has 0 N–H and O–H groups in total. The molecule has 1 heterocycles. The Morgan fingerprint density at radius 3 is 2.26 bits per heavy atom. The molecule has 0 amide bonds. The second-order valence-corrected chi connectivity index (χ2v) is 5.38. The van der Waals surface area contributed by atoms with E-state index in [4.69, 9.17) is 5.26 Å². The maximum Gasteiger partial charge on any atom is 0.293 e. The van der Waals surface area contributed by atoms with Crippen molar-refractivity contribution in [3.63, 3.8) is 0 Å². The average Bonchev–Trinajstić information content (AvgIpc) is 2.62. The standard InChI is InChI=1S/C17H16N4O2/c18-13-14-6-7-16(17(12-14)21(22)23)20-10-8-19(9-11-20)15-4-2-1-3-5-15/h1-7,12H,8-11H2. The molecule has 1 aliphatic rings. The molecule has 2 aromatic rings. The van der Waals surface area contributed by atoms with Gasteiger partial charge in [0.2, 0.25) is 0 Å². The molecule has 6 heteroatoms. The number of piperazine rings is 1. The van der Waals surface area contributed by atoms with Crippen LogP contribution in [-0.2, 0) is 0 Å². The van der Waals surface area contributed by atoms with Crippen LogP contribution in [0.2, 0.25) is 0 Å². The Kier molecular flexibility index (Phi) is 4.11. The lowest BCUT2D eigenvalue weighted by atomic mass is 10.1. The summed E-state index contributed by atoms with van der Waals surface area (Å²) in [4.78, 5) is 15.1. The molecule has 2 aromatic carbocycles. The van der Waals surface area contributed by atoms with Gasteiger partial charge in [0.05, 0.1) is 16.6 Å². The highest BCUT2D eigenvalue weighted by molar-refractivity contribution is 5.66. The van der Waals surface area contributed by atoms with E-state index in [1.54, 1.807) is 12.1 Å². The normalized spacial score (nSPS) is 14.4. The van der Waals surface area contributed by atoms with E-state index in [2.05, 4.69) is 17.0 Å². The van der Waals surface area contributed by atoms with Gasteiger partial charge in [0.25, 0.3) is 5.69 Å². The lowest BCUT2D eigenvalue weighted by molar-refractivity contribution is -0.384. The van der Waals surface area contributed by atoms with Crippen molar-refractivity contribution in [1.29, 1.82) is 5.26 Å². The number of nitrogens with zero attached hydrogens (tertiary/aromatic N) is 4. The van der Waals surface area contributed by atoms with E-state index in [1.807, 2.05) is 29.2 Å². The maximum atomic E-state index is 11.3. The number of nitro benzene ring substituents is 1. The van der Waals surface area contributed by atoms with Gasteiger partial charge in [-0.15, -0.1) is 0 Å². The summed E-state index contributed by atoms with van der Waals surface area (Å²) in [5.41, 5.74) is 2.06. The van der Waals surface area contributed by atoms with Crippen LogP contribution in [0.25, 0.3) is 0 Å². The van der Waals surface area contributed by atoms with Crippen LogP contribution in [0.4, 0.5) is 17.1 Å². The van der Waals surface area contributed by atoms with E-state index < -0.39 is 4.92 Å². The highest BCUT2D eigenvalue weighted by atomic mass is 16.6. The number of rotatable bonds is 3. The van der Waals surface area contributed by atoms with Crippen LogP contribution in [0, 0.1) is 21.4 Å². The molecule has 0 unspecified atom stereocenters. The maximum absolute atomic E-state index is 11.3. The predicted molar refractivity (Wildman–Crippen MR) is 88.7 cm³/mol. The minimum absolute atomic E-state index is 0.00258. The highest BCUT2D eigenvalue weighted by Crippen LogP contribution is 2.30. The van der Waals surface area contributed by atoms with Crippen molar-refractivity contribution in [3.05, 3.63) is 64.2 Å². The number of para-hydroxylation sites is 1. The minimum Gasteiger partial charge on any atom is -0.368 e. The van der Waals surface area contributed by atoms with E-state index in [1.165, 1.54) is 11.8 Å². The Hall–Kier alpha value is -3.07. The van der Waals surface area contributed by atoms with Crippen molar-refractivity contribution in [2.75, 3.05) is 36.0 Å². The number of hydrogen-bond donors (Lipinski definition) is 0. The van der Waals surface area contributed by atoms with Crippen molar-refractivity contribution in [3.8, 4) is 6.07 Å². The molecule has 0 saturated carbocycles. The molecule has 0 radical (unpaired) electrons. The molecule has 0 atom stereocenters. The van der Waals surface area contributed by atoms with Gasteiger partial charge in [0, 0.05) is 37.9 Å². The molecule has 116 valence electrons. The van der Waals surface area contributed by atoms with Crippen LogP contribution in [0.15, 0.2) is 48.5 Å². The zero-order chi connectivity index (χ0) is 16.2. The summed E-state index contributed by atoms with van der Waals surface area (Å²) >= 11 is 0. The number of anilines is 2. The lowest BCUT2D eigenvalue weighted by Crippen LogP contribution is -2.46. The predicted octanol–water partition coefficient (Wildman–Crippen LogP) is 2.79. The van der Waals surface area contributed by atoms with Gasteiger partial charge in [-0.25, -0.2) is 0 Å². The van der Waals surface area contributed by atoms with Gasteiger partial charge >= 0.3 is 0 Å². The molecule has 23 heavy (non-hydrogen) atoms. The zero-order valence-electron chi connectivity index (χ0n) is 12.6. The number of nitriles is 1. The summed E-state index contributed by atoms with van der Waals surface area (Å²) in [6.07, 6.45) is 0. The molecule has 0 aliphatic carbocycles. The molecule has 6 nitrogen and oxygen atoms in total. The fourth-order valence-corrected chi connectivity index (χ4v) is 2.85. The summed E-state index contributed by atoms with van der Waals surface area (Å²) in [7, 11) is 0. The van der Waals surface area contributed by atoms with E-state index >= 15 is 0 Å². The fourth-order valence-electron chi connectivity index (χ4n) is 2.85. The van der Waals surface area contributed by atoms with Gasteiger partial charge in [0.1, 0.15) is 5.69 Å². The van der Waals surface area contributed by atoms with Gasteiger partial charge in [-0.05, 0) is 24.3 Å². The summed E-state index contributed by atoms with van der Waals surface area (Å²) in [6.45, 7) is 3.03. The van der Waals surface area contributed by atoms with Crippen molar-refractivity contribution >= 4 is 17.1 Å². The molecule has 1 fully saturated rings. The third-order valence-corrected chi connectivity index (χ3v) is 4.04. The molecular formula is C17H16N4O2. The van der Waals surface area contributed by atoms with Crippen LogP contribution >= 0.6 is 0 Å². The first kappa shape index (κ1) is 14.9. The Morgan fingerprint density at radius 2 is 1.65 bits per heavy atom. The van der Waals surface area contributed by atoms with Gasteiger partial charge in [0.15, 0.2) is 0 Å². The van der Waals surface area contributed by atoms with Crippen LogP contribution in [0.1, 0.15) is 5.56 Å². The van der Waals surface area contributed by atoms with Gasteiger partial charge in [-0.2, -0.15) is 5.26 Å². The van der Waals surface area contributed by atoms with Crippen LogP contribution < -0.4 is 9.80 Å². The molecule has 1 aliphatic heterocycles. The number of benzene rings is 2. The third kappa shape index (κ3) is 3.09. The van der Waals surface area contributed by atoms with Crippen molar-refractivity contribution in [1.82, 2.24) is 0 Å². The zero-order valence-corrected chi connectivity index (χ0v) is 12.6. The molecule has 1 saturated heterocycles. The fraction of sp³-hybridized carbons (Fsp3) is 0.235. The first-order valence-corrected chi connectivity index (χ1v) is 7.42. The SMILES string of the molecule is N#Cc1ccc(N2CCN(c3ccccc3)CC2)c([N+](=O)[O-])c1. The Balaban J connectivity index is 1.78. The first-order chi connectivity index (χ1) is 11.2. The van der Waals surface area contributed by atoms with Crippen LogP contribution in [-0.4, -0.2) is 31.1 Å². The van der Waals surface area contributed by atoms with Gasteiger partial charge in [-0.1, -0.05) is 18.2 Å². The van der Waals surface area contributed by atoms with Crippen LogP contribution in [0.5, 0.6) is 0 Å². The van der Waals surface area contributed by atoms with E-state index in [-0.39, 0.29) is 5.69 Å². The van der Waals surface area contributed by atoms with Crippen molar-refractivity contribution < 1.29 is 4.92 Å². The molecule has 0 aromatic heterocycles. The van der Waals surface area contributed by atoms with Crippen molar-refractivity contribution in [2.45, 2.75) is 0 Å². The van der Waals surface area contributed by atoms with Gasteiger partial charge in [-0.3, -0.25) is 10.1 Å². The largest absolute Gasteiger partial charge is 0.368 e. The minimum atomic E-state index is -0.417. The summed E-state index contributed by atoms with van der Waals surface area (Å²) in [5.74, 6) is 0. The summed E-state index contributed by atoms with van der Waals surface area (Å²) in [6, 6.07) is 16.7. The first-order valence-electron chi connectivity index (χ1n) is 7.42. The molecule has 0 spiro atoms. The van der Waals surface area contributed by atoms with Crippen molar-refractivity contribution in [2.24, 2.45) is 0 Å². The molecule has 0 bridgehead atoms. The quantitative estimate of drug-likeness (QED) is 0.644. The van der Waals surface area contributed by atoms with Crippen LogP contribution in [0.3, 0.4) is 0 Å². The van der Waals surface area contributed by atoms with E-state index in [0.29, 0.717) is 24.3 Å². The Morgan fingerprint density at radius 1 is 1.00 bits per heavy atom. The number of nitro groups is 1. The van der Waals surface area contributed by atoms with E-state index in [0.717, 1.165) is 13.1 Å². The summed E-state index contributed by atoms with van der Waals surface area (Å²) < 4.78 is 0. The Bertz CT molecular complexity index is 747. The average molecular weight is 308 g/mol. The molecule has 3 rings (SSSR count). The monoisotopic (exact) mass is 308 g/mol. The lowest BCUT2D eigenvalue weighted by Gasteiger charge is -2.37. The van der Waals surface area contributed by atoms with E-state index in [9.17, 15) is 10.1 Å². The number of hydrogen-bond acceptors (Lipinski definition) is 5.